The van der Waals surface area contributed by atoms with E-state index in [4.69, 9.17) is 9.47 Å². The van der Waals surface area contributed by atoms with Gasteiger partial charge in [-0.15, -0.1) is 0 Å². The van der Waals surface area contributed by atoms with E-state index < -0.39 is 12.1 Å². The molecule has 0 aliphatic carbocycles. The van der Waals surface area contributed by atoms with E-state index in [1.807, 2.05) is 0 Å². The van der Waals surface area contributed by atoms with E-state index in [9.17, 15) is 18.0 Å². The van der Waals surface area contributed by atoms with E-state index in [0.29, 0.717) is 11.5 Å². The predicted octanol–water partition coefficient (Wildman–Crippen LogP) is 1.63. The first kappa shape index (κ1) is 18.5. The zero-order valence-electron chi connectivity index (χ0n) is 13.9. The molecule has 0 aliphatic heterocycles. The molecule has 1 amide bonds. The SMILES string of the molecule is COc1cc(OC)nc(Cc2c(NC(=O)C(F)(F)F)nc(C)n2C)n1. The smallest absolute Gasteiger partial charge is 0.471 e. The summed E-state index contributed by atoms with van der Waals surface area (Å²) in [5.41, 5.74) is 0.311. The number of aryl methyl sites for hydroxylation is 1. The minimum atomic E-state index is -5.02. The number of rotatable bonds is 5. The van der Waals surface area contributed by atoms with Crippen molar-refractivity contribution in [3.8, 4) is 11.8 Å². The Morgan fingerprint density at radius 1 is 1.20 bits per heavy atom. The number of carbonyl (C=O) groups is 1. The Morgan fingerprint density at radius 2 is 1.76 bits per heavy atom. The van der Waals surface area contributed by atoms with E-state index in [1.165, 1.54) is 20.3 Å². The van der Waals surface area contributed by atoms with Crippen LogP contribution in [0.3, 0.4) is 0 Å². The third kappa shape index (κ3) is 4.17. The molecule has 0 unspecified atom stereocenters. The van der Waals surface area contributed by atoms with Crippen molar-refractivity contribution in [2.75, 3.05) is 19.5 Å². The van der Waals surface area contributed by atoms with Crippen molar-refractivity contribution < 1.29 is 27.4 Å². The largest absolute Gasteiger partial charge is 0.481 e. The number of imidazole rings is 1. The molecule has 0 radical (unpaired) electrons. The summed E-state index contributed by atoms with van der Waals surface area (Å²) in [4.78, 5) is 23.4. The van der Waals surface area contributed by atoms with Crippen LogP contribution in [0.2, 0.25) is 0 Å². The van der Waals surface area contributed by atoms with Crippen LogP contribution in [-0.4, -0.2) is 45.8 Å². The fourth-order valence-corrected chi connectivity index (χ4v) is 2.02. The first-order chi connectivity index (χ1) is 11.7. The lowest BCUT2D eigenvalue weighted by Gasteiger charge is -2.10. The Balaban J connectivity index is 2.38. The molecule has 1 N–H and O–H groups in total. The lowest BCUT2D eigenvalue weighted by Crippen LogP contribution is -2.30. The van der Waals surface area contributed by atoms with Gasteiger partial charge in [0.2, 0.25) is 11.8 Å². The zero-order valence-corrected chi connectivity index (χ0v) is 13.9. The monoisotopic (exact) mass is 359 g/mol. The molecule has 2 rings (SSSR count). The number of nitrogens with one attached hydrogen (secondary N) is 1. The zero-order chi connectivity index (χ0) is 18.8. The molecular formula is C14H16F3N5O3. The molecule has 8 nitrogen and oxygen atoms in total. The lowest BCUT2D eigenvalue weighted by atomic mass is 10.2. The van der Waals surface area contributed by atoms with Crippen molar-refractivity contribution in [2.45, 2.75) is 19.5 Å². The number of methoxy groups -OCH3 is 2. The van der Waals surface area contributed by atoms with Crippen LogP contribution >= 0.6 is 0 Å². The molecule has 0 spiro atoms. The van der Waals surface area contributed by atoms with Crippen LogP contribution in [-0.2, 0) is 18.3 Å². The highest BCUT2D eigenvalue weighted by Crippen LogP contribution is 2.24. The van der Waals surface area contributed by atoms with E-state index >= 15 is 0 Å². The number of amides is 1. The van der Waals surface area contributed by atoms with Gasteiger partial charge in [0.15, 0.2) is 5.82 Å². The van der Waals surface area contributed by atoms with Gasteiger partial charge in [-0.3, -0.25) is 4.79 Å². The van der Waals surface area contributed by atoms with Crippen molar-refractivity contribution in [2.24, 2.45) is 7.05 Å². The van der Waals surface area contributed by atoms with Crippen molar-refractivity contribution >= 4 is 11.7 Å². The number of alkyl halides is 3. The van der Waals surface area contributed by atoms with Crippen LogP contribution in [0.4, 0.5) is 19.0 Å². The van der Waals surface area contributed by atoms with Crippen LogP contribution < -0.4 is 14.8 Å². The number of aromatic nitrogens is 4. The van der Waals surface area contributed by atoms with Crippen molar-refractivity contribution in [3.63, 3.8) is 0 Å². The quantitative estimate of drug-likeness (QED) is 0.873. The molecule has 11 heteroatoms. The molecule has 25 heavy (non-hydrogen) atoms. The lowest BCUT2D eigenvalue weighted by molar-refractivity contribution is -0.167. The molecule has 0 aliphatic rings. The molecule has 0 bridgehead atoms. The Morgan fingerprint density at radius 3 is 2.24 bits per heavy atom. The Labute approximate surface area is 141 Å². The van der Waals surface area contributed by atoms with Gasteiger partial charge in [0.1, 0.15) is 11.6 Å². The third-order valence-corrected chi connectivity index (χ3v) is 3.40. The van der Waals surface area contributed by atoms with Crippen molar-refractivity contribution in [1.29, 1.82) is 0 Å². The van der Waals surface area contributed by atoms with Crippen LogP contribution in [0, 0.1) is 6.92 Å². The summed E-state index contributed by atoms with van der Waals surface area (Å²) in [6.07, 6.45) is -5.00. The standard InChI is InChI=1S/C14H16F3N5O3/c1-7-18-12(21-13(23)14(15,16)17)8(22(7)2)5-9-19-10(24-3)6-11(20-9)25-4/h6H,5H2,1-4H3,(H,21,23). The summed E-state index contributed by atoms with van der Waals surface area (Å²) in [6.45, 7) is 1.60. The van der Waals surface area contributed by atoms with Crippen LogP contribution in [0.25, 0.3) is 0 Å². The normalized spacial score (nSPS) is 11.3. The maximum Gasteiger partial charge on any atom is 0.471 e. The molecule has 0 aromatic carbocycles. The predicted molar refractivity (Wildman–Crippen MR) is 80.6 cm³/mol. The molecule has 136 valence electrons. The molecule has 0 saturated carbocycles. The van der Waals surface area contributed by atoms with Gasteiger partial charge >= 0.3 is 12.1 Å². The number of ether oxygens (including phenoxy) is 2. The summed E-state index contributed by atoms with van der Waals surface area (Å²) in [5.74, 6) is -1.17. The number of hydrogen-bond acceptors (Lipinski definition) is 6. The van der Waals surface area contributed by atoms with Crippen LogP contribution in [0.5, 0.6) is 11.8 Å². The number of halogens is 3. The van der Waals surface area contributed by atoms with Gasteiger partial charge in [0.05, 0.1) is 32.4 Å². The topological polar surface area (TPSA) is 91.2 Å². The second kappa shape index (κ2) is 6.95. The molecule has 2 heterocycles. The summed E-state index contributed by atoms with van der Waals surface area (Å²) in [7, 11) is 4.43. The summed E-state index contributed by atoms with van der Waals surface area (Å²) in [6, 6.07) is 1.46. The number of nitrogens with zero attached hydrogens (tertiary/aromatic N) is 4. The minimum Gasteiger partial charge on any atom is -0.481 e. The summed E-state index contributed by atoms with van der Waals surface area (Å²) in [5, 5.41) is 1.78. The van der Waals surface area contributed by atoms with Gasteiger partial charge in [-0.2, -0.15) is 23.1 Å². The maximum absolute atomic E-state index is 12.5. The Bertz CT molecular complexity index is 767. The maximum atomic E-state index is 12.5. The average molecular weight is 359 g/mol. The average Bonchev–Trinajstić information content (AvgIpc) is 2.81. The van der Waals surface area contributed by atoms with E-state index in [2.05, 4.69) is 15.0 Å². The van der Waals surface area contributed by atoms with Gasteiger partial charge in [0, 0.05) is 7.05 Å². The minimum absolute atomic E-state index is 0.0123. The Kier molecular flexibility index (Phi) is 5.14. The third-order valence-electron chi connectivity index (χ3n) is 3.40. The highest BCUT2D eigenvalue weighted by molar-refractivity contribution is 5.94. The van der Waals surface area contributed by atoms with E-state index in [-0.39, 0.29) is 29.8 Å². The highest BCUT2D eigenvalue weighted by Gasteiger charge is 2.39. The van der Waals surface area contributed by atoms with Crippen LogP contribution in [0.15, 0.2) is 6.07 Å². The first-order valence-electron chi connectivity index (χ1n) is 7.02. The van der Waals surface area contributed by atoms with Gasteiger partial charge in [0.25, 0.3) is 0 Å². The fourth-order valence-electron chi connectivity index (χ4n) is 2.02. The summed E-state index contributed by atoms with van der Waals surface area (Å²) >= 11 is 0. The second-order valence-corrected chi connectivity index (χ2v) is 5.01. The van der Waals surface area contributed by atoms with Crippen molar-refractivity contribution in [3.05, 3.63) is 23.4 Å². The molecule has 0 atom stereocenters. The molecule has 0 saturated heterocycles. The van der Waals surface area contributed by atoms with Gasteiger partial charge in [-0.05, 0) is 6.92 Å². The highest BCUT2D eigenvalue weighted by atomic mass is 19.4. The Hall–Kier alpha value is -2.85. The molecule has 0 fully saturated rings. The fraction of sp³-hybridized carbons (Fsp3) is 0.429. The summed E-state index contributed by atoms with van der Waals surface area (Å²) < 4.78 is 49.1. The number of hydrogen-bond donors (Lipinski definition) is 1. The number of carbonyl (C=O) groups excluding carboxylic acids is 1. The van der Waals surface area contributed by atoms with Gasteiger partial charge < -0.3 is 19.4 Å². The van der Waals surface area contributed by atoms with Gasteiger partial charge in [-0.25, -0.2) is 4.98 Å². The number of anilines is 1. The molecule has 2 aromatic rings. The van der Waals surface area contributed by atoms with Gasteiger partial charge in [-0.1, -0.05) is 0 Å². The van der Waals surface area contributed by atoms with Crippen LogP contribution in [0.1, 0.15) is 17.3 Å². The van der Waals surface area contributed by atoms with Crippen molar-refractivity contribution in [1.82, 2.24) is 19.5 Å². The van der Waals surface area contributed by atoms with E-state index in [0.717, 1.165) is 0 Å². The molecule has 2 aromatic heterocycles. The first-order valence-corrected chi connectivity index (χ1v) is 7.02. The second-order valence-electron chi connectivity index (χ2n) is 5.01. The molecular weight excluding hydrogens is 343 g/mol. The van der Waals surface area contributed by atoms with E-state index in [1.54, 1.807) is 23.9 Å².